The molecule has 0 heterocycles. The summed E-state index contributed by atoms with van der Waals surface area (Å²) in [4.78, 5) is 2.68. The summed E-state index contributed by atoms with van der Waals surface area (Å²) in [6, 6.07) is 1.57. The Morgan fingerprint density at radius 1 is 1.11 bits per heavy atom. The molecule has 1 fully saturated rings. The molecule has 18 heavy (non-hydrogen) atoms. The molecule has 1 N–H and O–H groups in total. The van der Waals surface area contributed by atoms with E-state index >= 15 is 0 Å². The Kier molecular flexibility index (Phi) is 7.92. The lowest BCUT2D eigenvalue weighted by Crippen LogP contribution is -2.46. The van der Waals surface area contributed by atoms with Gasteiger partial charge in [-0.05, 0) is 51.6 Å². The molecule has 0 bridgehead atoms. The van der Waals surface area contributed by atoms with Crippen LogP contribution in [0.3, 0.4) is 0 Å². The monoisotopic (exact) mass is 254 g/mol. The normalized spacial score (nSPS) is 26.5. The number of nitrogens with one attached hydrogen (secondary N) is 1. The van der Waals surface area contributed by atoms with Gasteiger partial charge in [-0.15, -0.1) is 0 Å². The van der Waals surface area contributed by atoms with Gasteiger partial charge in [0.1, 0.15) is 0 Å². The van der Waals surface area contributed by atoms with Crippen molar-refractivity contribution in [2.75, 3.05) is 20.1 Å². The molecule has 0 saturated heterocycles. The molecular formula is C16H34N2. The van der Waals surface area contributed by atoms with E-state index in [1.165, 1.54) is 44.9 Å². The average molecular weight is 254 g/mol. The van der Waals surface area contributed by atoms with E-state index in [2.05, 4.69) is 38.0 Å². The van der Waals surface area contributed by atoms with E-state index in [1.807, 2.05) is 0 Å². The molecule has 0 aromatic heterocycles. The lowest BCUT2D eigenvalue weighted by atomic mass is 9.83. The molecule has 108 valence electrons. The molecule has 0 aromatic carbocycles. The third kappa shape index (κ3) is 4.89. The largest absolute Gasteiger partial charge is 0.315 e. The van der Waals surface area contributed by atoms with Crippen molar-refractivity contribution in [2.45, 2.75) is 77.8 Å². The number of rotatable bonds is 8. The smallest absolute Gasteiger partial charge is 0.0220 e. The highest BCUT2D eigenvalue weighted by Crippen LogP contribution is 2.30. The minimum atomic E-state index is 0.734. The van der Waals surface area contributed by atoms with Crippen molar-refractivity contribution in [3.63, 3.8) is 0 Å². The molecule has 0 spiro atoms. The Bertz CT molecular complexity index is 197. The predicted molar refractivity (Wildman–Crippen MR) is 81.0 cm³/mol. The molecule has 0 radical (unpaired) electrons. The second-order valence-electron chi connectivity index (χ2n) is 6.00. The summed E-state index contributed by atoms with van der Waals surface area (Å²) >= 11 is 0. The van der Waals surface area contributed by atoms with E-state index in [0.29, 0.717) is 0 Å². The van der Waals surface area contributed by atoms with Crippen LogP contribution in [0.5, 0.6) is 0 Å². The summed E-state index contributed by atoms with van der Waals surface area (Å²) in [6.07, 6.45) is 9.74. The van der Waals surface area contributed by atoms with Crippen molar-refractivity contribution >= 4 is 0 Å². The van der Waals surface area contributed by atoms with Gasteiger partial charge in [0, 0.05) is 18.6 Å². The van der Waals surface area contributed by atoms with Crippen molar-refractivity contribution in [3.8, 4) is 0 Å². The Morgan fingerprint density at radius 3 is 2.28 bits per heavy atom. The fourth-order valence-corrected chi connectivity index (χ4v) is 3.35. The van der Waals surface area contributed by atoms with Crippen LogP contribution >= 0.6 is 0 Å². The highest BCUT2D eigenvalue weighted by Gasteiger charge is 2.26. The van der Waals surface area contributed by atoms with Gasteiger partial charge in [0.2, 0.25) is 0 Å². The third-order valence-electron chi connectivity index (χ3n) is 4.80. The Labute approximate surface area is 115 Å². The van der Waals surface area contributed by atoms with E-state index in [0.717, 1.165) is 31.1 Å². The van der Waals surface area contributed by atoms with E-state index < -0.39 is 0 Å². The molecule has 1 rings (SSSR count). The maximum Gasteiger partial charge on any atom is 0.0220 e. The second-order valence-corrected chi connectivity index (χ2v) is 6.00. The second kappa shape index (κ2) is 8.92. The van der Waals surface area contributed by atoms with Crippen LogP contribution < -0.4 is 5.32 Å². The van der Waals surface area contributed by atoms with Gasteiger partial charge in [-0.3, -0.25) is 4.90 Å². The zero-order chi connectivity index (χ0) is 13.4. The molecule has 1 saturated carbocycles. The topological polar surface area (TPSA) is 15.3 Å². The molecule has 0 aromatic rings. The van der Waals surface area contributed by atoms with Gasteiger partial charge in [0.15, 0.2) is 0 Å². The lowest BCUT2D eigenvalue weighted by Gasteiger charge is -2.39. The van der Waals surface area contributed by atoms with Crippen LogP contribution in [0.25, 0.3) is 0 Å². The number of nitrogens with zero attached hydrogens (tertiary/aromatic N) is 1. The molecule has 1 unspecified atom stereocenters. The summed E-state index contributed by atoms with van der Waals surface area (Å²) in [6.45, 7) is 9.11. The highest BCUT2D eigenvalue weighted by molar-refractivity contribution is 4.82. The summed E-state index contributed by atoms with van der Waals surface area (Å²) in [7, 11) is 2.36. The van der Waals surface area contributed by atoms with Gasteiger partial charge in [-0.25, -0.2) is 0 Å². The van der Waals surface area contributed by atoms with Crippen LogP contribution in [-0.4, -0.2) is 37.1 Å². The fourth-order valence-electron chi connectivity index (χ4n) is 3.35. The van der Waals surface area contributed by atoms with Gasteiger partial charge in [-0.2, -0.15) is 0 Å². The van der Waals surface area contributed by atoms with Crippen molar-refractivity contribution in [3.05, 3.63) is 0 Å². The summed E-state index contributed by atoms with van der Waals surface area (Å²) in [5, 5.41) is 3.53. The third-order valence-corrected chi connectivity index (χ3v) is 4.80. The van der Waals surface area contributed by atoms with Gasteiger partial charge >= 0.3 is 0 Å². The highest BCUT2D eigenvalue weighted by atomic mass is 15.2. The predicted octanol–water partition coefficient (Wildman–Crippen LogP) is 3.67. The lowest BCUT2D eigenvalue weighted by molar-refractivity contribution is 0.112. The van der Waals surface area contributed by atoms with Crippen LogP contribution in [0.15, 0.2) is 0 Å². The average Bonchev–Trinajstić information content (AvgIpc) is 2.43. The zero-order valence-corrected chi connectivity index (χ0v) is 13.0. The summed E-state index contributed by atoms with van der Waals surface area (Å²) < 4.78 is 0. The van der Waals surface area contributed by atoms with Crippen LogP contribution in [0.4, 0.5) is 0 Å². The number of hydrogen-bond acceptors (Lipinski definition) is 2. The molecule has 1 aliphatic carbocycles. The standard InChI is InChI=1S/C16H34N2/c1-5-8-16(13-17-7-3)18(4)15-11-9-14(6-2)10-12-15/h14-17H,5-13H2,1-4H3. The Morgan fingerprint density at radius 2 is 1.78 bits per heavy atom. The molecular weight excluding hydrogens is 220 g/mol. The minimum Gasteiger partial charge on any atom is -0.315 e. The first-order chi connectivity index (χ1) is 8.72. The van der Waals surface area contributed by atoms with Crippen molar-refractivity contribution in [2.24, 2.45) is 5.92 Å². The number of hydrogen-bond donors (Lipinski definition) is 1. The quantitative estimate of drug-likeness (QED) is 0.711. The van der Waals surface area contributed by atoms with Crippen molar-refractivity contribution in [1.29, 1.82) is 0 Å². The van der Waals surface area contributed by atoms with Gasteiger partial charge < -0.3 is 5.32 Å². The first-order valence-electron chi connectivity index (χ1n) is 8.15. The first kappa shape index (κ1) is 16.0. The molecule has 2 nitrogen and oxygen atoms in total. The maximum absolute atomic E-state index is 3.53. The van der Waals surface area contributed by atoms with Gasteiger partial charge in [0.25, 0.3) is 0 Å². The van der Waals surface area contributed by atoms with E-state index in [1.54, 1.807) is 0 Å². The molecule has 1 atom stereocenters. The molecule has 2 heteroatoms. The van der Waals surface area contributed by atoms with Crippen LogP contribution in [0.2, 0.25) is 0 Å². The molecule has 0 aliphatic heterocycles. The Hall–Kier alpha value is -0.0800. The minimum absolute atomic E-state index is 0.734. The fraction of sp³-hybridized carbons (Fsp3) is 1.00. The van der Waals surface area contributed by atoms with E-state index in [-0.39, 0.29) is 0 Å². The first-order valence-corrected chi connectivity index (χ1v) is 8.15. The SMILES string of the molecule is CCCC(CNCC)N(C)C1CCC(CC)CC1. The number of likely N-dealkylation sites (N-methyl/N-ethyl adjacent to an activating group) is 2. The van der Waals surface area contributed by atoms with Crippen LogP contribution in [0.1, 0.15) is 65.7 Å². The summed E-state index contributed by atoms with van der Waals surface area (Å²) in [5.41, 5.74) is 0. The van der Waals surface area contributed by atoms with Gasteiger partial charge in [0.05, 0.1) is 0 Å². The van der Waals surface area contributed by atoms with E-state index in [4.69, 9.17) is 0 Å². The maximum atomic E-state index is 3.53. The summed E-state index contributed by atoms with van der Waals surface area (Å²) in [5.74, 6) is 1.01. The Balaban J connectivity index is 2.41. The molecule has 1 aliphatic rings. The van der Waals surface area contributed by atoms with Gasteiger partial charge in [-0.1, -0.05) is 33.6 Å². The van der Waals surface area contributed by atoms with Crippen LogP contribution in [0, 0.1) is 5.92 Å². The van der Waals surface area contributed by atoms with Crippen molar-refractivity contribution in [1.82, 2.24) is 10.2 Å². The van der Waals surface area contributed by atoms with Crippen molar-refractivity contribution < 1.29 is 0 Å². The van der Waals surface area contributed by atoms with Crippen LogP contribution in [-0.2, 0) is 0 Å². The zero-order valence-electron chi connectivity index (χ0n) is 13.0. The van der Waals surface area contributed by atoms with E-state index in [9.17, 15) is 0 Å². The molecule has 0 amide bonds.